The topological polar surface area (TPSA) is 46.0 Å². The summed E-state index contributed by atoms with van der Waals surface area (Å²) in [6, 6.07) is 20.4. The maximum Gasteiger partial charge on any atom is 0.174 e. The van der Waals surface area contributed by atoms with Crippen molar-refractivity contribution in [2.24, 2.45) is 0 Å². The minimum Gasteiger partial charge on any atom is -0.351 e. The summed E-state index contributed by atoms with van der Waals surface area (Å²) < 4.78 is 16.0. The van der Waals surface area contributed by atoms with Gasteiger partial charge in [0.05, 0.1) is 11.7 Å². The zero-order valence-corrected chi connectivity index (χ0v) is 17.6. The van der Waals surface area contributed by atoms with Crippen molar-refractivity contribution in [3.63, 3.8) is 0 Å². The first-order chi connectivity index (χ1) is 15.1. The van der Waals surface area contributed by atoms with Crippen LogP contribution in [0.25, 0.3) is 5.82 Å². The van der Waals surface area contributed by atoms with Crippen molar-refractivity contribution >= 4 is 23.0 Å². The number of anilines is 1. The molecule has 0 spiro atoms. The van der Waals surface area contributed by atoms with E-state index in [1.54, 1.807) is 25.4 Å². The number of rotatable bonds is 4. The highest BCUT2D eigenvalue weighted by molar-refractivity contribution is 7.80. The highest BCUT2D eigenvalue weighted by atomic mass is 32.1. The van der Waals surface area contributed by atoms with Crippen molar-refractivity contribution in [3.8, 4) is 5.82 Å². The van der Waals surface area contributed by atoms with Crippen molar-refractivity contribution in [2.75, 3.05) is 4.90 Å². The Hall–Kier alpha value is -3.58. The first-order valence-electron chi connectivity index (χ1n) is 9.99. The number of hydrogen-bond donors (Lipinski definition) is 1. The predicted octanol–water partition coefficient (Wildman–Crippen LogP) is 4.89. The van der Waals surface area contributed by atoms with Crippen molar-refractivity contribution in [1.29, 1.82) is 0 Å². The lowest BCUT2D eigenvalue weighted by atomic mass is 10.0. The van der Waals surface area contributed by atoms with Crippen LogP contribution in [0.4, 0.5) is 10.1 Å². The molecule has 0 aliphatic carbocycles. The summed E-state index contributed by atoms with van der Waals surface area (Å²) in [5.41, 5.74) is 3.28. The zero-order valence-electron chi connectivity index (χ0n) is 16.8. The number of pyridine rings is 2. The molecule has 1 N–H and O–H groups in total. The summed E-state index contributed by atoms with van der Waals surface area (Å²) in [7, 11) is 0. The molecule has 4 heterocycles. The molecule has 4 aromatic rings. The molecular formula is C24H20FN5S. The zero-order chi connectivity index (χ0) is 21.4. The van der Waals surface area contributed by atoms with Gasteiger partial charge in [0.1, 0.15) is 17.7 Å². The lowest BCUT2D eigenvalue weighted by Gasteiger charge is -2.29. The summed E-state index contributed by atoms with van der Waals surface area (Å²) in [6.07, 6.45) is 5.54. The Bertz CT molecular complexity index is 1230. The summed E-state index contributed by atoms with van der Waals surface area (Å²) in [6.45, 7) is 1.76. The van der Waals surface area contributed by atoms with Gasteiger partial charge in [-0.05, 0) is 79.3 Å². The van der Waals surface area contributed by atoms with Gasteiger partial charge in [0.15, 0.2) is 5.11 Å². The molecule has 31 heavy (non-hydrogen) atoms. The summed E-state index contributed by atoms with van der Waals surface area (Å²) in [5, 5.41) is 4.01. The normalized spacial score (nSPS) is 18.3. The smallest absolute Gasteiger partial charge is 0.174 e. The number of thiocarbonyl (C=S) groups is 1. The molecule has 2 atom stereocenters. The molecule has 5 rings (SSSR count). The quantitative estimate of drug-likeness (QED) is 0.468. The number of aromatic nitrogens is 3. The number of halogens is 1. The van der Waals surface area contributed by atoms with Gasteiger partial charge >= 0.3 is 0 Å². The fourth-order valence-corrected chi connectivity index (χ4v) is 4.40. The van der Waals surface area contributed by atoms with E-state index in [4.69, 9.17) is 12.2 Å². The van der Waals surface area contributed by atoms with Crippen LogP contribution < -0.4 is 10.2 Å². The monoisotopic (exact) mass is 429 g/mol. The minimum atomic E-state index is -0.239. The van der Waals surface area contributed by atoms with E-state index in [1.165, 1.54) is 6.07 Å². The van der Waals surface area contributed by atoms with E-state index in [2.05, 4.69) is 25.9 Å². The molecule has 1 aliphatic heterocycles. The van der Waals surface area contributed by atoms with Crippen molar-refractivity contribution in [3.05, 3.63) is 108 Å². The average Bonchev–Trinajstić information content (AvgIpc) is 3.41. The van der Waals surface area contributed by atoms with Gasteiger partial charge in [-0.15, -0.1) is 0 Å². The summed E-state index contributed by atoms with van der Waals surface area (Å²) in [5.74, 6) is 0.576. The van der Waals surface area contributed by atoms with Gasteiger partial charge in [-0.2, -0.15) is 0 Å². The molecule has 0 amide bonds. The third kappa shape index (κ3) is 3.47. The SMILES string of the molecule is Cc1cc(N2C(=S)N[C@H](c3ccccn3)[C@@H]2c2cccn2-c2ccccn2)ccc1F. The predicted molar refractivity (Wildman–Crippen MR) is 123 cm³/mol. The molecule has 0 radical (unpaired) electrons. The molecule has 3 aromatic heterocycles. The molecule has 154 valence electrons. The van der Waals surface area contributed by atoms with Crippen LogP contribution in [-0.2, 0) is 0 Å². The van der Waals surface area contributed by atoms with Crippen LogP contribution >= 0.6 is 12.2 Å². The van der Waals surface area contributed by atoms with Gasteiger partial charge in [0.2, 0.25) is 0 Å². The minimum absolute atomic E-state index is 0.184. The Labute approximate surface area is 185 Å². The Morgan fingerprint density at radius 3 is 2.48 bits per heavy atom. The van der Waals surface area contributed by atoms with Crippen LogP contribution in [0, 0.1) is 12.7 Å². The Morgan fingerprint density at radius 1 is 0.968 bits per heavy atom. The molecule has 0 saturated carbocycles. The Morgan fingerprint density at radius 2 is 1.77 bits per heavy atom. The van der Waals surface area contributed by atoms with Crippen LogP contribution in [0.15, 0.2) is 85.3 Å². The van der Waals surface area contributed by atoms with Crippen LogP contribution in [-0.4, -0.2) is 19.6 Å². The second-order valence-corrected chi connectivity index (χ2v) is 7.81. The summed E-state index contributed by atoms with van der Waals surface area (Å²) in [4.78, 5) is 11.1. The van der Waals surface area contributed by atoms with E-state index < -0.39 is 0 Å². The van der Waals surface area contributed by atoms with Gasteiger partial charge in [-0.3, -0.25) is 4.98 Å². The second-order valence-electron chi connectivity index (χ2n) is 7.42. The van der Waals surface area contributed by atoms with Gasteiger partial charge in [-0.25, -0.2) is 9.37 Å². The lowest BCUT2D eigenvalue weighted by Crippen LogP contribution is -2.30. The van der Waals surface area contributed by atoms with E-state index in [0.29, 0.717) is 10.7 Å². The first kappa shape index (κ1) is 19.4. The Balaban J connectivity index is 1.68. The van der Waals surface area contributed by atoms with Crippen LogP contribution in [0.5, 0.6) is 0 Å². The van der Waals surface area contributed by atoms with Crippen molar-refractivity contribution in [2.45, 2.75) is 19.0 Å². The van der Waals surface area contributed by atoms with Gasteiger partial charge in [0, 0.05) is 30.0 Å². The van der Waals surface area contributed by atoms with E-state index >= 15 is 0 Å². The number of hydrogen-bond acceptors (Lipinski definition) is 3. The largest absolute Gasteiger partial charge is 0.351 e. The van der Waals surface area contributed by atoms with Gasteiger partial charge < -0.3 is 14.8 Å². The molecule has 1 saturated heterocycles. The third-order valence-corrected chi connectivity index (χ3v) is 5.81. The molecule has 1 aliphatic rings. The van der Waals surface area contributed by atoms with Crippen molar-refractivity contribution in [1.82, 2.24) is 19.9 Å². The molecule has 7 heteroatoms. The fourth-order valence-electron chi connectivity index (χ4n) is 4.05. The van der Waals surface area contributed by atoms with Gasteiger partial charge in [-0.1, -0.05) is 12.1 Å². The Kier molecular flexibility index (Phi) is 4.95. The van der Waals surface area contributed by atoms with Crippen LogP contribution in [0.1, 0.15) is 29.0 Å². The first-order valence-corrected chi connectivity index (χ1v) is 10.4. The van der Waals surface area contributed by atoms with Crippen LogP contribution in [0.3, 0.4) is 0 Å². The highest BCUT2D eigenvalue weighted by Gasteiger charge is 2.42. The second kappa shape index (κ2) is 7.92. The van der Waals surface area contributed by atoms with Crippen LogP contribution in [0.2, 0.25) is 0 Å². The van der Waals surface area contributed by atoms with Crippen molar-refractivity contribution < 1.29 is 4.39 Å². The maximum atomic E-state index is 14.0. The number of nitrogens with zero attached hydrogens (tertiary/aromatic N) is 4. The molecule has 0 bridgehead atoms. The maximum absolute atomic E-state index is 14.0. The van der Waals surface area contributed by atoms with E-state index in [9.17, 15) is 4.39 Å². The molecule has 1 aromatic carbocycles. The molecule has 0 unspecified atom stereocenters. The number of benzene rings is 1. The molecule has 1 fully saturated rings. The lowest BCUT2D eigenvalue weighted by molar-refractivity contribution is 0.548. The third-order valence-electron chi connectivity index (χ3n) is 5.50. The molecular weight excluding hydrogens is 409 g/mol. The number of aryl methyl sites for hydroxylation is 1. The highest BCUT2D eigenvalue weighted by Crippen LogP contribution is 2.42. The standard InChI is InChI=1S/C24H20FN5S/c1-16-15-17(10-11-18(16)25)30-23(22(28-24(30)31)19-7-2-4-12-26-19)20-8-6-14-29(20)21-9-3-5-13-27-21/h2-15,22-23H,1H3,(H,28,31)/t22-,23+/m1/s1. The summed E-state index contributed by atoms with van der Waals surface area (Å²) >= 11 is 5.76. The van der Waals surface area contributed by atoms with Gasteiger partial charge in [0.25, 0.3) is 0 Å². The average molecular weight is 430 g/mol. The molecule has 5 nitrogen and oxygen atoms in total. The van der Waals surface area contributed by atoms with E-state index in [0.717, 1.165) is 22.9 Å². The number of nitrogens with one attached hydrogen (secondary N) is 1. The van der Waals surface area contributed by atoms with E-state index in [1.807, 2.05) is 59.6 Å². The van der Waals surface area contributed by atoms with E-state index in [-0.39, 0.29) is 17.9 Å². The fraction of sp³-hybridized carbons (Fsp3) is 0.125.